The van der Waals surface area contributed by atoms with E-state index in [1.54, 1.807) is 12.1 Å². The highest BCUT2D eigenvalue weighted by atomic mass is 19.1. The van der Waals surface area contributed by atoms with Gasteiger partial charge in [0.1, 0.15) is 5.82 Å². The minimum atomic E-state index is -0.540. The highest BCUT2D eigenvalue weighted by Gasteiger charge is 2.21. The number of halogens is 1. The van der Waals surface area contributed by atoms with Gasteiger partial charge in [-0.25, -0.2) is 4.39 Å². The van der Waals surface area contributed by atoms with Gasteiger partial charge in [0, 0.05) is 44.0 Å². The van der Waals surface area contributed by atoms with Crippen molar-refractivity contribution in [2.75, 3.05) is 36.4 Å². The van der Waals surface area contributed by atoms with E-state index in [4.69, 9.17) is 0 Å². The number of carbonyl (C=O) groups excluding carboxylic acids is 2. The minimum absolute atomic E-state index is 0.0220. The van der Waals surface area contributed by atoms with E-state index < -0.39 is 11.7 Å². The van der Waals surface area contributed by atoms with E-state index in [0.29, 0.717) is 18.0 Å². The van der Waals surface area contributed by atoms with E-state index in [1.807, 2.05) is 29.2 Å². The normalized spacial score (nSPS) is 14.3. The molecular formula is C22H26FN3O2. The Kier molecular flexibility index (Phi) is 6.29. The predicted octanol–water partition coefficient (Wildman–Crippen LogP) is 3.77. The summed E-state index contributed by atoms with van der Waals surface area (Å²) in [4.78, 5) is 28.5. The van der Waals surface area contributed by atoms with Crippen LogP contribution in [0, 0.1) is 11.7 Å². The summed E-state index contributed by atoms with van der Waals surface area (Å²) in [6, 6.07) is 13.4. The van der Waals surface area contributed by atoms with Crippen LogP contribution >= 0.6 is 0 Å². The van der Waals surface area contributed by atoms with Crippen LogP contribution in [0.4, 0.5) is 15.8 Å². The maximum absolute atomic E-state index is 13.7. The van der Waals surface area contributed by atoms with Crippen LogP contribution in [-0.4, -0.2) is 42.9 Å². The second-order valence-electron chi connectivity index (χ2n) is 7.45. The molecule has 0 aromatic heterocycles. The molecule has 1 N–H and O–H groups in total. The zero-order valence-corrected chi connectivity index (χ0v) is 16.3. The second-order valence-corrected chi connectivity index (χ2v) is 7.45. The lowest BCUT2D eigenvalue weighted by atomic mass is 10.1. The van der Waals surface area contributed by atoms with Gasteiger partial charge in [0.25, 0.3) is 5.91 Å². The van der Waals surface area contributed by atoms with Gasteiger partial charge in [-0.1, -0.05) is 26.0 Å². The molecule has 0 bridgehead atoms. The Hall–Kier alpha value is -2.89. The van der Waals surface area contributed by atoms with Crippen LogP contribution in [0.25, 0.3) is 0 Å². The van der Waals surface area contributed by atoms with Crippen molar-refractivity contribution in [1.82, 2.24) is 4.90 Å². The van der Waals surface area contributed by atoms with Crippen molar-refractivity contribution >= 4 is 23.2 Å². The van der Waals surface area contributed by atoms with E-state index in [0.717, 1.165) is 31.9 Å². The number of amides is 2. The van der Waals surface area contributed by atoms with Crippen molar-refractivity contribution in [3.05, 3.63) is 59.9 Å². The number of benzene rings is 2. The first-order valence-corrected chi connectivity index (χ1v) is 9.62. The Morgan fingerprint density at radius 3 is 2.25 bits per heavy atom. The number of anilines is 2. The average molecular weight is 383 g/mol. The van der Waals surface area contributed by atoms with Gasteiger partial charge in [-0.15, -0.1) is 0 Å². The number of piperazine rings is 1. The molecule has 2 aromatic carbocycles. The lowest BCUT2D eigenvalue weighted by molar-refractivity contribution is -0.132. The monoisotopic (exact) mass is 383 g/mol. The van der Waals surface area contributed by atoms with Gasteiger partial charge in [-0.3, -0.25) is 9.59 Å². The maximum atomic E-state index is 13.7. The summed E-state index contributed by atoms with van der Waals surface area (Å²) < 4.78 is 13.7. The fourth-order valence-electron chi connectivity index (χ4n) is 3.29. The summed E-state index contributed by atoms with van der Waals surface area (Å²) in [5, 5.41) is 2.72. The summed E-state index contributed by atoms with van der Waals surface area (Å²) in [5.74, 6) is -0.414. The Morgan fingerprint density at radius 1 is 1.00 bits per heavy atom. The van der Waals surface area contributed by atoms with E-state index >= 15 is 0 Å². The smallest absolute Gasteiger partial charge is 0.258 e. The first kappa shape index (κ1) is 19.9. The Morgan fingerprint density at radius 2 is 1.64 bits per heavy atom. The maximum Gasteiger partial charge on any atom is 0.258 e. The number of hydrogen-bond donors (Lipinski definition) is 1. The molecule has 148 valence electrons. The van der Waals surface area contributed by atoms with Gasteiger partial charge in [-0.05, 0) is 42.3 Å². The van der Waals surface area contributed by atoms with Crippen molar-refractivity contribution in [3.8, 4) is 0 Å². The highest BCUT2D eigenvalue weighted by Crippen LogP contribution is 2.21. The van der Waals surface area contributed by atoms with Gasteiger partial charge in [0.2, 0.25) is 5.91 Å². The first-order chi connectivity index (χ1) is 13.4. The molecule has 0 atom stereocenters. The van der Waals surface area contributed by atoms with Crippen LogP contribution in [0.1, 0.15) is 30.6 Å². The summed E-state index contributed by atoms with van der Waals surface area (Å²) in [7, 11) is 0. The van der Waals surface area contributed by atoms with Gasteiger partial charge >= 0.3 is 0 Å². The van der Waals surface area contributed by atoms with Gasteiger partial charge < -0.3 is 15.1 Å². The first-order valence-electron chi connectivity index (χ1n) is 9.62. The van der Waals surface area contributed by atoms with Crippen molar-refractivity contribution in [2.45, 2.75) is 20.3 Å². The standard InChI is InChI=1S/C22H26FN3O2/c1-16(2)15-21(27)26-13-11-25(12-14-26)18-9-7-17(8-10-18)24-22(28)19-5-3-4-6-20(19)23/h3-10,16H,11-15H2,1-2H3,(H,24,28). The molecule has 0 spiro atoms. The van der Waals surface area contributed by atoms with Crippen molar-refractivity contribution in [3.63, 3.8) is 0 Å². The fraction of sp³-hybridized carbons (Fsp3) is 0.364. The number of hydrogen-bond acceptors (Lipinski definition) is 3. The van der Waals surface area contributed by atoms with Gasteiger partial charge in [-0.2, -0.15) is 0 Å². The lowest BCUT2D eigenvalue weighted by Gasteiger charge is -2.36. The van der Waals surface area contributed by atoms with Crippen LogP contribution in [0.3, 0.4) is 0 Å². The predicted molar refractivity (Wildman–Crippen MR) is 109 cm³/mol. The Labute approximate surface area is 165 Å². The summed E-state index contributed by atoms with van der Waals surface area (Å²) in [6.07, 6.45) is 0.594. The number of nitrogens with one attached hydrogen (secondary N) is 1. The Balaban J connectivity index is 1.56. The molecule has 6 heteroatoms. The molecule has 1 heterocycles. The molecule has 2 aromatic rings. The van der Waals surface area contributed by atoms with Crippen molar-refractivity contribution in [2.24, 2.45) is 5.92 Å². The third-order valence-corrected chi connectivity index (χ3v) is 4.82. The molecule has 5 nitrogen and oxygen atoms in total. The molecule has 0 saturated carbocycles. The summed E-state index contributed by atoms with van der Waals surface area (Å²) in [6.45, 7) is 7.12. The molecule has 1 fully saturated rings. The summed E-state index contributed by atoms with van der Waals surface area (Å²) >= 11 is 0. The zero-order chi connectivity index (χ0) is 20.1. The van der Waals surface area contributed by atoms with Gasteiger partial charge in [0.05, 0.1) is 5.56 Å². The minimum Gasteiger partial charge on any atom is -0.368 e. The Bertz CT molecular complexity index is 828. The SMILES string of the molecule is CC(C)CC(=O)N1CCN(c2ccc(NC(=O)c3ccccc3F)cc2)CC1. The molecular weight excluding hydrogens is 357 g/mol. The molecule has 1 aliphatic heterocycles. The van der Waals surface area contributed by atoms with Crippen LogP contribution in [0.2, 0.25) is 0 Å². The molecule has 2 amide bonds. The molecule has 1 saturated heterocycles. The van der Waals surface area contributed by atoms with Crippen molar-refractivity contribution in [1.29, 1.82) is 0 Å². The van der Waals surface area contributed by atoms with Crippen LogP contribution in [-0.2, 0) is 4.79 Å². The highest BCUT2D eigenvalue weighted by molar-refractivity contribution is 6.04. The van der Waals surface area contributed by atoms with E-state index in [9.17, 15) is 14.0 Å². The molecule has 0 radical (unpaired) electrons. The fourth-order valence-corrected chi connectivity index (χ4v) is 3.29. The molecule has 1 aliphatic rings. The third kappa shape index (κ3) is 4.88. The molecule has 0 aliphatic carbocycles. The summed E-state index contributed by atoms with van der Waals surface area (Å²) in [5.41, 5.74) is 1.68. The molecule has 28 heavy (non-hydrogen) atoms. The van der Waals surface area contributed by atoms with E-state index in [2.05, 4.69) is 24.1 Å². The zero-order valence-electron chi connectivity index (χ0n) is 16.3. The van der Waals surface area contributed by atoms with Crippen molar-refractivity contribution < 1.29 is 14.0 Å². The van der Waals surface area contributed by atoms with Crippen LogP contribution < -0.4 is 10.2 Å². The van der Waals surface area contributed by atoms with Crippen LogP contribution in [0.5, 0.6) is 0 Å². The second kappa shape index (κ2) is 8.87. The number of carbonyl (C=O) groups is 2. The molecule has 0 unspecified atom stereocenters. The van der Waals surface area contributed by atoms with E-state index in [1.165, 1.54) is 12.1 Å². The van der Waals surface area contributed by atoms with Gasteiger partial charge in [0.15, 0.2) is 0 Å². The molecule has 3 rings (SSSR count). The number of nitrogens with zero attached hydrogens (tertiary/aromatic N) is 2. The van der Waals surface area contributed by atoms with E-state index in [-0.39, 0.29) is 11.5 Å². The van der Waals surface area contributed by atoms with Crippen LogP contribution in [0.15, 0.2) is 48.5 Å². The largest absolute Gasteiger partial charge is 0.368 e. The average Bonchev–Trinajstić information content (AvgIpc) is 2.68. The quantitative estimate of drug-likeness (QED) is 0.855. The third-order valence-electron chi connectivity index (χ3n) is 4.82. The number of rotatable bonds is 5. The lowest BCUT2D eigenvalue weighted by Crippen LogP contribution is -2.49. The topological polar surface area (TPSA) is 52.7 Å².